The molecule has 0 aromatic carbocycles. The number of esters is 1. The van der Waals surface area contributed by atoms with Crippen LogP contribution >= 0.6 is 0 Å². The molecule has 1 saturated carbocycles. The van der Waals surface area contributed by atoms with Crippen LogP contribution in [-0.2, 0) is 4.74 Å². The summed E-state index contributed by atoms with van der Waals surface area (Å²) in [6.07, 6.45) is 2.05. The van der Waals surface area contributed by atoms with Crippen LogP contribution in [-0.4, -0.2) is 44.8 Å². The highest BCUT2D eigenvalue weighted by atomic mass is 16.5. The molecule has 0 spiro atoms. The number of ether oxygens (including phenoxy) is 1. The molecule has 8 heteroatoms. The van der Waals surface area contributed by atoms with Gasteiger partial charge in [-0.25, -0.2) is 9.59 Å². The molecule has 8 nitrogen and oxygen atoms in total. The summed E-state index contributed by atoms with van der Waals surface area (Å²) >= 11 is 0. The van der Waals surface area contributed by atoms with Gasteiger partial charge in [0, 0.05) is 6.04 Å². The third kappa shape index (κ3) is 3.71. The van der Waals surface area contributed by atoms with Gasteiger partial charge >= 0.3 is 12.1 Å². The van der Waals surface area contributed by atoms with Crippen LogP contribution in [0.1, 0.15) is 54.8 Å². The Morgan fingerprint density at radius 3 is 2.57 bits per heavy atom. The van der Waals surface area contributed by atoms with E-state index in [2.05, 4.69) is 15.5 Å². The lowest BCUT2D eigenvalue weighted by atomic mass is 9.91. The zero-order valence-corrected chi connectivity index (χ0v) is 12.2. The summed E-state index contributed by atoms with van der Waals surface area (Å²) in [6.45, 7) is 3.78. The number of hydrogen-bond donors (Lipinski definition) is 2. The van der Waals surface area contributed by atoms with Crippen LogP contribution in [0.5, 0.6) is 0 Å². The molecule has 0 radical (unpaired) electrons. The molecule has 2 N–H and O–H groups in total. The summed E-state index contributed by atoms with van der Waals surface area (Å²) in [5.74, 6) is -0.456. The Balaban J connectivity index is 1.99. The van der Waals surface area contributed by atoms with E-state index in [1.54, 1.807) is 18.6 Å². The van der Waals surface area contributed by atoms with Crippen molar-refractivity contribution in [3.8, 4) is 0 Å². The molecule has 0 aliphatic heterocycles. The SMILES string of the molecule is CCOC(=O)c1nn(C2CCC(NC(=O)O)CC2)nc1C. The van der Waals surface area contributed by atoms with Gasteiger partial charge < -0.3 is 15.2 Å². The number of aromatic nitrogens is 3. The van der Waals surface area contributed by atoms with Crippen molar-refractivity contribution in [2.75, 3.05) is 6.61 Å². The van der Waals surface area contributed by atoms with Crippen LogP contribution in [0.4, 0.5) is 4.79 Å². The van der Waals surface area contributed by atoms with Gasteiger partial charge in [0.25, 0.3) is 0 Å². The highest BCUT2D eigenvalue weighted by Crippen LogP contribution is 2.27. The molecule has 1 heterocycles. The molecule has 1 aliphatic carbocycles. The molecule has 1 aromatic heterocycles. The lowest BCUT2D eigenvalue weighted by molar-refractivity contribution is 0.0516. The number of carbonyl (C=O) groups excluding carboxylic acids is 1. The quantitative estimate of drug-likeness (QED) is 0.816. The van der Waals surface area contributed by atoms with E-state index in [0.717, 1.165) is 25.7 Å². The number of nitrogens with zero attached hydrogens (tertiary/aromatic N) is 3. The van der Waals surface area contributed by atoms with Gasteiger partial charge in [0.1, 0.15) is 0 Å². The third-order valence-electron chi connectivity index (χ3n) is 3.62. The van der Waals surface area contributed by atoms with Crippen molar-refractivity contribution in [1.82, 2.24) is 20.3 Å². The van der Waals surface area contributed by atoms with Gasteiger partial charge in [-0.1, -0.05) is 0 Å². The summed E-state index contributed by atoms with van der Waals surface area (Å²) in [5, 5.41) is 19.7. The van der Waals surface area contributed by atoms with Gasteiger partial charge in [-0.2, -0.15) is 9.90 Å². The minimum Gasteiger partial charge on any atom is -0.465 e. The summed E-state index contributed by atoms with van der Waals surface area (Å²) in [4.78, 5) is 23.9. The van der Waals surface area contributed by atoms with Crippen LogP contribution in [0.3, 0.4) is 0 Å². The fourth-order valence-electron chi connectivity index (χ4n) is 2.58. The van der Waals surface area contributed by atoms with Crippen molar-refractivity contribution in [2.24, 2.45) is 0 Å². The normalized spacial score (nSPS) is 21.8. The van der Waals surface area contributed by atoms with Gasteiger partial charge in [0.15, 0.2) is 5.69 Å². The van der Waals surface area contributed by atoms with Crippen LogP contribution in [0.15, 0.2) is 0 Å². The first-order chi connectivity index (χ1) is 10.0. The second-order valence-corrected chi connectivity index (χ2v) is 5.13. The Labute approximate surface area is 122 Å². The molecule has 1 amide bonds. The summed E-state index contributed by atoms with van der Waals surface area (Å²) in [6, 6.07) is 0.0821. The Morgan fingerprint density at radius 2 is 2.00 bits per heavy atom. The lowest BCUT2D eigenvalue weighted by Crippen LogP contribution is -2.37. The van der Waals surface area contributed by atoms with Crippen LogP contribution in [0.25, 0.3) is 0 Å². The molecule has 21 heavy (non-hydrogen) atoms. The van der Waals surface area contributed by atoms with Crippen molar-refractivity contribution in [3.63, 3.8) is 0 Å². The van der Waals surface area contributed by atoms with E-state index >= 15 is 0 Å². The van der Waals surface area contributed by atoms with Gasteiger partial charge in [-0.05, 0) is 39.5 Å². The lowest BCUT2D eigenvalue weighted by Gasteiger charge is -2.27. The average Bonchev–Trinajstić information content (AvgIpc) is 2.81. The molecule has 1 aliphatic rings. The Kier molecular flexibility index (Phi) is 4.77. The number of amides is 1. The highest BCUT2D eigenvalue weighted by molar-refractivity contribution is 5.88. The maximum atomic E-state index is 11.7. The van der Waals surface area contributed by atoms with Crippen molar-refractivity contribution in [2.45, 2.75) is 51.6 Å². The monoisotopic (exact) mass is 296 g/mol. The second-order valence-electron chi connectivity index (χ2n) is 5.13. The summed E-state index contributed by atoms with van der Waals surface area (Å²) in [5.41, 5.74) is 0.807. The van der Waals surface area contributed by atoms with E-state index in [9.17, 15) is 9.59 Å². The number of hydrogen-bond acceptors (Lipinski definition) is 5. The molecule has 0 bridgehead atoms. The van der Waals surface area contributed by atoms with Gasteiger partial charge in [-0.3, -0.25) is 0 Å². The molecule has 0 atom stereocenters. The van der Waals surface area contributed by atoms with E-state index in [4.69, 9.17) is 9.84 Å². The second kappa shape index (κ2) is 6.55. The molecule has 116 valence electrons. The van der Waals surface area contributed by atoms with Crippen molar-refractivity contribution >= 4 is 12.1 Å². The third-order valence-corrected chi connectivity index (χ3v) is 3.62. The zero-order chi connectivity index (χ0) is 15.4. The molecule has 0 unspecified atom stereocenters. The largest absolute Gasteiger partial charge is 0.465 e. The Morgan fingerprint density at radius 1 is 1.33 bits per heavy atom. The van der Waals surface area contributed by atoms with Crippen LogP contribution in [0.2, 0.25) is 0 Å². The van der Waals surface area contributed by atoms with Gasteiger partial charge in [-0.15, -0.1) is 5.10 Å². The number of aryl methyl sites for hydroxylation is 1. The standard InChI is InChI=1S/C13H20N4O4/c1-3-21-12(18)11-8(2)15-17(16-11)10-6-4-9(5-7-10)14-13(19)20/h9-10,14H,3-7H2,1-2H3,(H,19,20). The minimum atomic E-state index is -0.990. The fourth-order valence-corrected chi connectivity index (χ4v) is 2.58. The summed E-state index contributed by atoms with van der Waals surface area (Å²) in [7, 11) is 0. The number of carboxylic acid groups (broad SMARTS) is 1. The van der Waals surface area contributed by atoms with E-state index in [1.807, 2.05) is 0 Å². The van der Waals surface area contributed by atoms with Crippen LogP contribution < -0.4 is 5.32 Å². The number of nitrogens with one attached hydrogen (secondary N) is 1. The molecule has 2 rings (SSSR count). The van der Waals surface area contributed by atoms with Crippen molar-refractivity contribution in [1.29, 1.82) is 0 Å². The van der Waals surface area contributed by atoms with E-state index < -0.39 is 12.1 Å². The molecule has 1 fully saturated rings. The fraction of sp³-hybridized carbons (Fsp3) is 0.692. The first kappa shape index (κ1) is 15.3. The maximum absolute atomic E-state index is 11.7. The minimum absolute atomic E-state index is 0.0139. The predicted octanol–water partition coefficient (Wildman–Crippen LogP) is 1.51. The van der Waals surface area contributed by atoms with Gasteiger partial charge in [0.2, 0.25) is 0 Å². The molecular formula is C13H20N4O4. The summed E-state index contributed by atoms with van der Waals surface area (Å²) < 4.78 is 4.94. The van der Waals surface area contributed by atoms with Gasteiger partial charge in [0.05, 0.1) is 18.3 Å². The topological polar surface area (TPSA) is 106 Å². The number of rotatable bonds is 4. The predicted molar refractivity (Wildman–Crippen MR) is 73.2 cm³/mol. The average molecular weight is 296 g/mol. The molecule has 0 saturated heterocycles. The Bertz CT molecular complexity index is 520. The van der Waals surface area contributed by atoms with E-state index in [0.29, 0.717) is 12.3 Å². The highest BCUT2D eigenvalue weighted by Gasteiger charge is 2.26. The molecular weight excluding hydrogens is 276 g/mol. The van der Waals surface area contributed by atoms with Crippen molar-refractivity contribution in [3.05, 3.63) is 11.4 Å². The first-order valence-electron chi connectivity index (χ1n) is 7.11. The smallest absolute Gasteiger partial charge is 0.404 e. The zero-order valence-electron chi connectivity index (χ0n) is 12.2. The Hall–Kier alpha value is -2.12. The molecule has 1 aromatic rings. The van der Waals surface area contributed by atoms with Crippen molar-refractivity contribution < 1.29 is 19.4 Å². The number of carbonyl (C=O) groups is 2. The van der Waals surface area contributed by atoms with E-state index in [1.165, 1.54) is 0 Å². The van der Waals surface area contributed by atoms with E-state index in [-0.39, 0.29) is 17.8 Å². The maximum Gasteiger partial charge on any atom is 0.404 e. The van der Waals surface area contributed by atoms with Crippen LogP contribution in [0, 0.1) is 6.92 Å². The first-order valence-corrected chi connectivity index (χ1v) is 7.11.